The van der Waals surface area contributed by atoms with Crippen LogP contribution in [-0.4, -0.2) is 17.0 Å². The van der Waals surface area contributed by atoms with Gasteiger partial charge in [0.15, 0.2) is 0 Å². The van der Waals surface area contributed by atoms with Crippen LogP contribution >= 0.6 is 0 Å². The lowest BCUT2D eigenvalue weighted by Gasteiger charge is -2.07. The highest BCUT2D eigenvalue weighted by Gasteiger charge is 2.14. The van der Waals surface area contributed by atoms with Crippen LogP contribution in [0.25, 0.3) is 0 Å². The maximum absolute atomic E-state index is 12.3. The molecule has 26 heavy (non-hydrogen) atoms. The van der Waals surface area contributed by atoms with E-state index in [2.05, 4.69) is 0 Å². The molecule has 130 valence electrons. The molecule has 0 atom stereocenters. The van der Waals surface area contributed by atoms with Gasteiger partial charge in [-0.05, 0) is 48.0 Å². The van der Waals surface area contributed by atoms with Crippen LogP contribution in [0.2, 0.25) is 0 Å². The molecule has 0 saturated heterocycles. The van der Waals surface area contributed by atoms with Crippen LogP contribution in [0.5, 0.6) is 11.5 Å². The predicted octanol–water partition coefficient (Wildman–Crippen LogP) is 3.62. The van der Waals surface area contributed by atoms with Crippen molar-refractivity contribution >= 4 is 11.9 Å². The third-order valence-corrected chi connectivity index (χ3v) is 3.58. The lowest BCUT2D eigenvalue weighted by molar-refractivity contribution is 0.0734. The molecule has 3 rings (SSSR count). The molecule has 0 aliphatic heterocycles. The molecule has 3 aromatic rings. The Morgan fingerprint density at radius 3 is 1.92 bits per heavy atom. The maximum atomic E-state index is 12.3. The smallest absolute Gasteiger partial charge is 0.343 e. The lowest BCUT2D eigenvalue weighted by atomic mass is 10.1. The topological polar surface area (TPSA) is 72.8 Å². The fourth-order valence-electron chi connectivity index (χ4n) is 2.30. The first-order valence-electron chi connectivity index (χ1n) is 7.95. The SMILES string of the molecule is O=C(Oc1ccccc1)c1cccc(C(=O)Oc2cccc(CO)c2)c1. The first-order valence-corrected chi connectivity index (χ1v) is 7.95. The maximum Gasteiger partial charge on any atom is 0.343 e. The third kappa shape index (κ3) is 4.34. The van der Waals surface area contributed by atoms with Gasteiger partial charge in [0.25, 0.3) is 0 Å². The number of para-hydroxylation sites is 1. The van der Waals surface area contributed by atoms with E-state index in [9.17, 15) is 9.59 Å². The van der Waals surface area contributed by atoms with Crippen molar-refractivity contribution in [3.05, 3.63) is 95.6 Å². The van der Waals surface area contributed by atoms with E-state index < -0.39 is 11.9 Å². The van der Waals surface area contributed by atoms with Gasteiger partial charge in [-0.3, -0.25) is 0 Å². The molecule has 0 spiro atoms. The van der Waals surface area contributed by atoms with Crippen molar-refractivity contribution in [1.82, 2.24) is 0 Å². The molecule has 0 saturated carbocycles. The minimum Gasteiger partial charge on any atom is -0.423 e. The summed E-state index contributed by atoms with van der Waals surface area (Å²) in [5, 5.41) is 9.14. The molecular weight excluding hydrogens is 332 g/mol. The fourth-order valence-corrected chi connectivity index (χ4v) is 2.30. The van der Waals surface area contributed by atoms with Crippen molar-refractivity contribution in [1.29, 1.82) is 0 Å². The number of rotatable bonds is 5. The number of hydrogen-bond donors (Lipinski definition) is 1. The Morgan fingerprint density at radius 2 is 1.27 bits per heavy atom. The van der Waals surface area contributed by atoms with Gasteiger partial charge in [-0.1, -0.05) is 36.4 Å². The molecule has 3 aromatic carbocycles. The molecule has 0 aliphatic carbocycles. The summed E-state index contributed by atoms with van der Waals surface area (Å²) in [6.45, 7) is -0.147. The quantitative estimate of drug-likeness (QED) is 0.563. The first-order chi connectivity index (χ1) is 12.7. The molecule has 0 heterocycles. The van der Waals surface area contributed by atoms with Gasteiger partial charge < -0.3 is 14.6 Å². The number of carbonyl (C=O) groups excluding carboxylic acids is 2. The summed E-state index contributed by atoms with van der Waals surface area (Å²) in [6, 6.07) is 21.4. The predicted molar refractivity (Wildman–Crippen MR) is 95.2 cm³/mol. The molecule has 0 aromatic heterocycles. The Hall–Kier alpha value is -3.44. The van der Waals surface area contributed by atoms with Gasteiger partial charge in [0.1, 0.15) is 11.5 Å². The van der Waals surface area contributed by atoms with Crippen LogP contribution < -0.4 is 9.47 Å². The normalized spacial score (nSPS) is 10.2. The second-order valence-electron chi connectivity index (χ2n) is 5.48. The number of aliphatic hydroxyl groups is 1. The number of carbonyl (C=O) groups is 2. The van der Waals surface area contributed by atoms with Crippen molar-refractivity contribution in [2.24, 2.45) is 0 Å². The number of ether oxygens (including phenoxy) is 2. The van der Waals surface area contributed by atoms with Gasteiger partial charge in [0.05, 0.1) is 17.7 Å². The molecule has 0 unspecified atom stereocenters. The molecule has 0 bridgehead atoms. The monoisotopic (exact) mass is 348 g/mol. The molecule has 0 fully saturated rings. The number of esters is 2. The van der Waals surface area contributed by atoms with Crippen LogP contribution in [0.15, 0.2) is 78.9 Å². The zero-order chi connectivity index (χ0) is 18.4. The number of benzene rings is 3. The van der Waals surface area contributed by atoms with Gasteiger partial charge in [-0.2, -0.15) is 0 Å². The zero-order valence-corrected chi connectivity index (χ0v) is 13.8. The molecule has 1 N–H and O–H groups in total. The van der Waals surface area contributed by atoms with Crippen LogP contribution in [-0.2, 0) is 6.61 Å². The fraction of sp³-hybridized carbons (Fsp3) is 0.0476. The van der Waals surface area contributed by atoms with E-state index in [0.717, 1.165) is 0 Å². The summed E-state index contributed by atoms with van der Waals surface area (Å²) in [5.41, 5.74) is 1.10. The van der Waals surface area contributed by atoms with Crippen LogP contribution in [0, 0.1) is 0 Å². The Kier molecular flexibility index (Phi) is 5.41. The van der Waals surface area contributed by atoms with E-state index in [1.54, 1.807) is 66.7 Å². The van der Waals surface area contributed by atoms with Crippen molar-refractivity contribution in [3.8, 4) is 11.5 Å². The number of aliphatic hydroxyl groups excluding tert-OH is 1. The van der Waals surface area contributed by atoms with Crippen LogP contribution in [0.1, 0.15) is 26.3 Å². The minimum atomic E-state index is -0.602. The minimum absolute atomic E-state index is 0.147. The summed E-state index contributed by atoms with van der Waals surface area (Å²) >= 11 is 0. The average Bonchev–Trinajstić information content (AvgIpc) is 2.69. The Labute approximate surface area is 150 Å². The molecular formula is C21H16O5. The summed E-state index contributed by atoms with van der Waals surface area (Å²) in [7, 11) is 0. The highest BCUT2D eigenvalue weighted by Crippen LogP contribution is 2.17. The van der Waals surface area contributed by atoms with Crippen molar-refractivity contribution in [3.63, 3.8) is 0 Å². The lowest BCUT2D eigenvalue weighted by Crippen LogP contribution is -2.12. The highest BCUT2D eigenvalue weighted by atomic mass is 16.5. The standard InChI is InChI=1S/C21H16O5/c22-14-15-6-4-11-19(12-15)26-21(24)17-8-5-7-16(13-17)20(23)25-18-9-2-1-3-10-18/h1-13,22H,14H2. The summed E-state index contributed by atoms with van der Waals surface area (Å²) < 4.78 is 10.6. The van der Waals surface area contributed by atoms with Crippen molar-refractivity contribution < 1.29 is 24.2 Å². The largest absolute Gasteiger partial charge is 0.423 e. The van der Waals surface area contributed by atoms with E-state index in [1.807, 2.05) is 6.07 Å². The van der Waals surface area contributed by atoms with E-state index >= 15 is 0 Å². The molecule has 0 aliphatic rings. The summed E-state index contributed by atoms with van der Waals surface area (Å²) in [6.07, 6.45) is 0. The second kappa shape index (κ2) is 8.09. The van der Waals surface area contributed by atoms with Crippen molar-refractivity contribution in [2.45, 2.75) is 6.61 Å². The van der Waals surface area contributed by atoms with Gasteiger partial charge >= 0.3 is 11.9 Å². The second-order valence-corrected chi connectivity index (χ2v) is 5.48. The van der Waals surface area contributed by atoms with Crippen LogP contribution in [0.4, 0.5) is 0 Å². The average molecular weight is 348 g/mol. The third-order valence-electron chi connectivity index (χ3n) is 3.58. The van der Waals surface area contributed by atoms with E-state index in [0.29, 0.717) is 17.1 Å². The van der Waals surface area contributed by atoms with Crippen LogP contribution in [0.3, 0.4) is 0 Å². The van der Waals surface area contributed by atoms with E-state index in [-0.39, 0.29) is 17.7 Å². The molecule has 5 heteroatoms. The molecule has 5 nitrogen and oxygen atoms in total. The van der Waals surface area contributed by atoms with Gasteiger partial charge in [-0.15, -0.1) is 0 Å². The Balaban J connectivity index is 1.73. The molecule has 0 amide bonds. The van der Waals surface area contributed by atoms with Crippen molar-refractivity contribution in [2.75, 3.05) is 0 Å². The zero-order valence-electron chi connectivity index (χ0n) is 13.8. The molecule has 0 radical (unpaired) electrons. The van der Waals surface area contributed by atoms with Gasteiger partial charge in [-0.25, -0.2) is 9.59 Å². The van der Waals surface area contributed by atoms with E-state index in [4.69, 9.17) is 14.6 Å². The Bertz CT molecular complexity index is 918. The highest BCUT2D eigenvalue weighted by molar-refractivity contribution is 5.96. The summed E-state index contributed by atoms with van der Waals surface area (Å²) in [4.78, 5) is 24.5. The Morgan fingerprint density at radius 1 is 0.692 bits per heavy atom. The summed E-state index contributed by atoms with van der Waals surface area (Å²) in [5.74, 6) is -0.423. The van der Waals surface area contributed by atoms with Gasteiger partial charge in [0, 0.05) is 0 Å². The van der Waals surface area contributed by atoms with Gasteiger partial charge in [0.2, 0.25) is 0 Å². The number of hydrogen-bond acceptors (Lipinski definition) is 5. The first kappa shape index (κ1) is 17.4. The van der Waals surface area contributed by atoms with E-state index in [1.165, 1.54) is 6.07 Å².